The van der Waals surface area contributed by atoms with E-state index in [0.29, 0.717) is 25.9 Å². The highest BCUT2D eigenvalue weighted by atomic mass is 16.5. The van der Waals surface area contributed by atoms with Crippen LogP contribution in [-0.4, -0.2) is 47.4 Å². The van der Waals surface area contributed by atoms with E-state index in [1.54, 1.807) is 0 Å². The van der Waals surface area contributed by atoms with Crippen LogP contribution < -0.4 is 5.32 Å². The molecule has 2 atom stereocenters. The first kappa shape index (κ1) is 70.6. The second-order valence-electron chi connectivity index (χ2n) is 22.8. The molecular weight excluding hydrogens is 887 g/mol. The van der Waals surface area contributed by atoms with Gasteiger partial charge in [-0.25, -0.2) is 0 Å². The monoisotopic (exact) mass is 1020 g/mol. The molecule has 72 heavy (non-hydrogen) atoms. The lowest BCUT2D eigenvalue weighted by atomic mass is 10.0. The lowest BCUT2D eigenvalue weighted by Crippen LogP contribution is -2.45. The van der Waals surface area contributed by atoms with Crippen molar-refractivity contribution in [3.8, 4) is 0 Å². The average Bonchev–Trinajstić information content (AvgIpc) is 3.38. The third-order valence-corrected chi connectivity index (χ3v) is 15.6. The molecule has 0 rings (SSSR count). The summed E-state index contributed by atoms with van der Waals surface area (Å²) in [7, 11) is 0. The van der Waals surface area contributed by atoms with Crippen LogP contribution in [0.5, 0.6) is 0 Å². The zero-order valence-corrected chi connectivity index (χ0v) is 48.9. The maximum atomic E-state index is 12.5. The van der Waals surface area contributed by atoms with Crippen molar-refractivity contribution in [1.29, 1.82) is 0 Å². The Morgan fingerprint density at radius 3 is 0.986 bits per heavy atom. The Hall–Kier alpha value is -1.40. The largest absolute Gasteiger partial charge is 0.466 e. The molecule has 0 saturated heterocycles. The highest BCUT2D eigenvalue weighted by Crippen LogP contribution is 2.18. The summed E-state index contributed by atoms with van der Waals surface area (Å²) in [6, 6.07) is -0.549. The van der Waals surface area contributed by atoms with Crippen molar-refractivity contribution in [3.63, 3.8) is 0 Å². The van der Waals surface area contributed by atoms with Gasteiger partial charge in [-0.1, -0.05) is 321 Å². The molecule has 428 valence electrons. The van der Waals surface area contributed by atoms with Crippen LogP contribution >= 0.6 is 0 Å². The molecule has 0 spiro atoms. The number of aliphatic hydroxyl groups is 2. The molecule has 0 heterocycles. The lowest BCUT2D eigenvalue weighted by molar-refractivity contribution is -0.143. The number of amides is 1. The van der Waals surface area contributed by atoms with Gasteiger partial charge in [0.25, 0.3) is 0 Å². The minimum Gasteiger partial charge on any atom is -0.466 e. The summed E-state index contributed by atoms with van der Waals surface area (Å²) >= 11 is 0. The van der Waals surface area contributed by atoms with E-state index in [-0.39, 0.29) is 18.5 Å². The SMILES string of the molecule is CCCCCCCCCCCCCCCCCCCCCC(O)C(CO)NC(=O)CCCCCCCCC/C=C\CCCCCCCCCCOC(=O)CCCCCCCCCCCCCCCCCCC. The number of rotatable bonds is 62. The van der Waals surface area contributed by atoms with E-state index >= 15 is 0 Å². The highest BCUT2D eigenvalue weighted by Gasteiger charge is 2.20. The summed E-state index contributed by atoms with van der Waals surface area (Å²) in [4.78, 5) is 24.6. The molecule has 0 bridgehead atoms. The van der Waals surface area contributed by atoms with Gasteiger partial charge in [-0.2, -0.15) is 0 Å². The van der Waals surface area contributed by atoms with Crippen LogP contribution in [0.2, 0.25) is 0 Å². The molecular formula is C66H129NO5. The molecule has 0 aromatic rings. The third-order valence-electron chi connectivity index (χ3n) is 15.6. The first-order valence-corrected chi connectivity index (χ1v) is 32.9. The summed E-state index contributed by atoms with van der Waals surface area (Å²) in [5.74, 6) is -0.0317. The number of esters is 1. The number of unbranched alkanes of at least 4 members (excludes halogenated alkanes) is 49. The minimum absolute atomic E-state index is 0.00900. The summed E-state index contributed by atoms with van der Waals surface area (Å²) in [6.07, 6.45) is 75.1. The normalized spacial score (nSPS) is 12.6. The number of ether oxygens (including phenoxy) is 1. The van der Waals surface area contributed by atoms with E-state index in [9.17, 15) is 19.8 Å². The van der Waals surface area contributed by atoms with Crippen LogP contribution in [0, 0.1) is 0 Å². The van der Waals surface area contributed by atoms with Gasteiger partial charge in [0.2, 0.25) is 5.91 Å². The Labute approximate surface area is 450 Å². The molecule has 3 N–H and O–H groups in total. The molecule has 6 nitrogen and oxygen atoms in total. The number of nitrogens with one attached hydrogen (secondary N) is 1. The van der Waals surface area contributed by atoms with Crippen molar-refractivity contribution in [2.24, 2.45) is 0 Å². The van der Waals surface area contributed by atoms with E-state index in [1.807, 2.05) is 0 Å². The van der Waals surface area contributed by atoms with Crippen molar-refractivity contribution in [2.75, 3.05) is 13.2 Å². The molecule has 0 aromatic heterocycles. The molecule has 0 fully saturated rings. The predicted octanol–water partition coefficient (Wildman–Crippen LogP) is 20.8. The smallest absolute Gasteiger partial charge is 0.305 e. The number of carbonyl (C=O) groups is 2. The first-order valence-electron chi connectivity index (χ1n) is 32.9. The van der Waals surface area contributed by atoms with Crippen LogP contribution in [0.25, 0.3) is 0 Å². The Morgan fingerprint density at radius 1 is 0.375 bits per heavy atom. The number of allylic oxidation sites excluding steroid dienone is 2. The van der Waals surface area contributed by atoms with Crippen molar-refractivity contribution in [2.45, 2.75) is 386 Å². The number of carbonyl (C=O) groups excluding carboxylic acids is 2. The second-order valence-corrected chi connectivity index (χ2v) is 22.8. The molecule has 1 amide bonds. The van der Waals surface area contributed by atoms with Crippen LogP contribution in [0.4, 0.5) is 0 Å². The fourth-order valence-electron chi connectivity index (χ4n) is 10.5. The highest BCUT2D eigenvalue weighted by molar-refractivity contribution is 5.76. The Bertz CT molecular complexity index is 1080. The van der Waals surface area contributed by atoms with E-state index in [2.05, 4.69) is 31.3 Å². The summed E-state index contributed by atoms with van der Waals surface area (Å²) in [5, 5.41) is 23.4. The molecule has 0 aliphatic heterocycles. The zero-order chi connectivity index (χ0) is 52.2. The number of hydrogen-bond acceptors (Lipinski definition) is 5. The van der Waals surface area contributed by atoms with Gasteiger partial charge in [0.05, 0.1) is 25.4 Å². The van der Waals surface area contributed by atoms with Gasteiger partial charge < -0.3 is 20.3 Å². The quantitative estimate of drug-likeness (QED) is 0.0320. The molecule has 6 heteroatoms. The van der Waals surface area contributed by atoms with E-state index in [0.717, 1.165) is 38.5 Å². The van der Waals surface area contributed by atoms with Crippen molar-refractivity contribution < 1.29 is 24.5 Å². The zero-order valence-electron chi connectivity index (χ0n) is 48.9. The Balaban J connectivity index is 3.41. The van der Waals surface area contributed by atoms with Gasteiger partial charge >= 0.3 is 5.97 Å². The third kappa shape index (κ3) is 57.9. The summed E-state index contributed by atoms with van der Waals surface area (Å²) in [6.45, 7) is 4.98. The minimum atomic E-state index is -0.670. The van der Waals surface area contributed by atoms with Crippen LogP contribution in [0.15, 0.2) is 12.2 Å². The van der Waals surface area contributed by atoms with Gasteiger partial charge in [0.1, 0.15) is 0 Å². The predicted molar refractivity (Wildman–Crippen MR) is 315 cm³/mol. The van der Waals surface area contributed by atoms with Gasteiger partial charge in [-0.05, 0) is 51.4 Å². The Kier molecular flexibility index (Phi) is 60.9. The van der Waals surface area contributed by atoms with Crippen molar-refractivity contribution >= 4 is 11.9 Å². The van der Waals surface area contributed by atoms with Crippen LogP contribution in [0.1, 0.15) is 373 Å². The van der Waals surface area contributed by atoms with Gasteiger partial charge in [0, 0.05) is 12.8 Å². The standard InChI is InChI=1S/C66H129NO5/c1-3-5-7-9-11-13-15-17-19-21-23-27-30-34-38-42-46-50-54-58-64(69)63(62-68)67-65(70)59-55-51-47-43-39-35-31-28-24-22-25-29-33-37-41-45-49-53-57-61-72-66(71)60-56-52-48-44-40-36-32-26-20-18-16-14-12-10-8-6-4-2/h22,24,63-64,68-69H,3-21,23,25-62H2,1-2H3,(H,67,70)/b24-22-. The van der Waals surface area contributed by atoms with Crippen molar-refractivity contribution in [1.82, 2.24) is 5.32 Å². The van der Waals surface area contributed by atoms with Gasteiger partial charge in [-0.15, -0.1) is 0 Å². The fraction of sp³-hybridized carbons (Fsp3) is 0.939. The molecule has 0 aliphatic rings. The summed E-state index contributed by atoms with van der Waals surface area (Å²) in [5.41, 5.74) is 0. The van der Waals surface area contributed by atoms with Crippen LogP contribution in [-0.2, 0) is 14.3 Å². The number of aliphatic hydroxyl groups excluding tert-OH is 2. The first-order chi connectivity index (χ1) is 35.5. The second kappa shape index (κ2) is 62.1. The lowest BCUT2D eigenvalue weighted by Gasteiger charge is -2.22. The maximum Gasteiger partial charge on any atom is 0.305 e. The topological polar surface area (TPSA) is 95.9 Å². The van der Waals surface area contributed by atoms with Crippen molar-refractivity contribution in [3.05, 3.63) is 12.2 Å². The Morgan fingerprint density at radius 2 is 0.653 bits per heavy atom. The van der Waals surface area contributed by atoms with Crippen LogP contribution in [0.3, 0.4) is 0 Å². The molecule has 0 aliphatic carbocycles. The summed E-state index contributed by atoms with van der Waals surface area (Å²) < 4.78 is 5.49. The van der Waals surface area contributed by atoms with E-state index in [1.165, 1.54) is 302 Å². The maximum absolute atomic E-state index is 12.5. The molecule has 0 radical (unpaired) electrons. The van der Waals surface area contributed by atoms with E-state index in [4.69, 9.17) is 4.74 Å². The fourth-order valence-corrected chi connectivity index (χ4v) is 10.5. The molecule has 0 saturated carbocycles. The molecule has 2 unspecified atom stereocenters. The average molecular weight is 1020 g/mol. The van der Waals surface area contributed by atoms with Gasteiger partial charge in [-0.3, -0.25) is 9.59 Å². The number of hydrogen-bond donors (Lipinski definition) is 3. The van der Waals surface area contributed by atoms with E-state index < -0.39 is 12.1 Å². The molecule has 0 aromatic carbocycles. The van der Waals surface area contributed by atoms with Gasteiger partial charge in [0.15, 0.2) is 0 Å².